The second kappa shape index (κ2) is 11.4. The number of rotatable bonds is 8. The first-order valence-corrected chi connectivity index (χ1v) is 14.5. The van der Waals surface area contributed by atoms with Crippen molar-refractivity contribution in [3.05, 3.63) is 48.2 Å². The maximum atomic E-state index is 13.7. The van der Waals surface area contributed by atoms with E-state index in [1.807, 2.05) is 0 Å². The Hall–Kier alpha value is -2.97. The van der Waals surface area contributed by atoms with Crippen molar-refractivity contribution < 1.29 is 22.3 Å². The number of aromatic nitrogens is 4. The van der Waals surface area contributed by atoms with Crippen LogP contribution in [0, 0.1) is 11.7 Å². The van der Waals surface area contributed by atoms with Crippen molar-refractivity contribution in [1.29, 1.82) is 0 Å². The van der Waals surface area contributed by atoms with Crippen molar-refractivity contribution in [2.45, 2.75) is 38.1 Å². The second-order valence-electron chi connectivity index (χ2n) is 9.72. The number of halogens is 1. The Balaban J connectivity index is 1.40. The maximum absolute atomic E-state index is 13.7. The molecule has 5 rings (SSSR count). The minimum absolute atomic E-state index is 0.155. The van der Waals surface area contributed by atoms with Crippen LogP contribution in [-0.2, 0) is 19.5 Å². The number of sulfonamides is 1. The summed E-state index contributed by atoms with van der Waals surface area (Å²) in [4.78, 5) is 17.2. The fourth-order valence-electron chi connectivity index (χ4n) is 4.62. The van der Waals surface area contributed by atoms with Crippen LogP contribution in [0.25, 0.3) is 22.6 Å². The molecule has 2 aliphatic rings. The van der Waals surface area contributed by atoms with Crippen molar-refractivity contribution in [3.63, 3.8) is 0 Å². The summed E-state index contributed by atoms with van der Waals surface area (Å²) >= 11 is 0. The van der Waals surface area contributed by atoms with Gasteiger partial charge in [-0.2, -0.15) is 0 Å². The first-order chi connectivity index (χ1) is 18.2. The monoisotopic (exact) mass is 545 g/mol. The highest BCUT2D eigenvalue weighted by atomic mass is 32.2. The Bertz CT molecular complexity index is 1340. The number of nitrogens with one attached hydrogen (secondary N) is 4. The molecule has 11 nitrogen and oxygen atoms in total. The molecule has 4 N–H and O–H groups in total. The number of nitrogens with zero attached hydrogens (tertiary/aromatic N) is 3. The second-order valence-corrected chi connectivity index (χ2v) is 11.5. The van der Waals surface area contributed by atoms with E-state index in [9.17, 15) is 12.8 Å². The average molecular weight is 546 g/mol. The van der Waals surface area contributed by atoms with E-state index in [4.69, 9.17) is 19.4 Å². The minimum atomic E-state index is -3.34. The predicted molar refractivity (Wildman–Crippen MR) is 140 cm³/mol. The van der Waals surface area contributed by atoms with Gasteiger partial charge in [0.25, 0.3) is 0 Å². The van der Waals surface area contributed by atoms with E-state index in [1.165, 1.54) is 12.1 Å². The lowest BCUT2D eigenvalue weighted by Gasteiger charge is -2.31. The van der Waals surface area contributed by atoms with Gasteiger partial charge in [0.15, 0.2) is 5.82 Å². The van der Waals surface area contributed by atoms with Crippen LogP contribution in [0.3, 0.4) is 0 Å². The van der Waals surface area contributed by atoms with Crippen molar-refractivity contribution in [2.75, 3.05) is 37.9 Å². The van der Waals surface area contributed by atoms with E-state index < -0.39 is 16.3 Å². The molecule has 1 atom stereocenters. The van der Waals surface area contributed by atoms with Gasteiger partial charge in [0.1, 0.15) is 5.82 Å². The van der Waals surface area contributed by atoms with Crippen molar-refractivity contribution in [2.24, 2.45) is 5.92 Å². The SMILES string of the molecule is CC(NS(C)(=O)=O)C1COC(c2nc(-c3ccc(F)cc3)c(-c3ccnc(NC4CCNCC4)n3)[nH]2)OC1. The Morgan fingerprint density at radius 1 is 1.08 bits per heavy atom. The fourth-order valence-corrected chi connectivity index (χ4v) is 5.49. The highest BCUT2D eigenvalue weighted by molar-refractivity contribution is 7.88. The molecule has 0 amide bonds. The molecular formula is C25H32FN7O4S. The van der Waals surface area contributed by atoms with Gasteiger partial charge in [-0.1, -0.05) is 0 Å². The van der Waals surface area contributed by atoms with E-state index in [2.05, 4.69) is 25.3 Å². The standard InChI is InChI=1S/C25H32FN7O4S/c1-15(33-38(2,34)35)17-13-36-24(37-14-17)23-31-21(16-3-5-18(26)6-4-16)22(32-23)20-9-12-28-25(30-20)29-19-7-10-27-11-8-19/h3-6,9,12,15,17,19,24,27,33H,7-8,10-11,13-14H2,1-2H3,(H,31,32)(H,28,29,30). The largest absolute Gasteiger partial charge is 0.351 e. The third kappa shape index (κ3) is 6.53. The van der Waals surface area contributed by atoms with Crippen molar-refractivity contribution >= 4 is 16.0 Å². The molecule has 13 heteroatoms. The number of aromatic amines is 1. The molecule has 1 unspecified atom stereocenters. The molecule has 1 aromatic carbocycles. The summed E-state index contributed by atoms with van der Waals surface area (Å²) in [6.45, 7) is 4.24. The van der Waals surface area contributed by atoms with Crippen LogP contribution in [0.5, 0.6) is 0 Å². The van der Waals surface area contributed by atoms with Crippen LogP contribution in [0.15, 0.2) is 36.5 Å². The van der Waals surface area contributed by atoms with Crippen LogP contribution in [0.1, 0.15) is 31.9 Å². The van der Waals surface area contributed by atoms with E-state index in [0.717, 1.165) is 32.2 Å². The summed E-state index contributed by atoms with van der Waals surface area (Å²) in [7, 11) is -3.34. The van der Waals surface area contributed by atoms with Gasteiger partial charge in [-0.3, -0.25) is 0 Å². The van der Waals surface area contributed by atoms with E-state index in [0.29, 0.717) is 34.4 Å². The van der Waals surface area contributed by atoms with Crippen molar-refractivity contribution in [3.8, 4) is 22.6 Å². The number of hydrogen-bond acceptors (Lipinski definition) is 9. The Labute approximate surface area is 221 Å². The number of piperidine rings is 1. The van der Waals surface area contributed by atoms with Crippen LogP contribution >= 0.6 is 0 Å². The average Bonchev–Trinajstić information content (AvgIpc) is 3.35. The van der Waals surface area contributed by atoms with Crippen molar-refractivity contribution in [1.82, 2.24) is 30.0 Å². The maximum Gasteiger partial charge on any atom is 0.223 e. The summed E-state index contributed by atoms with van der Waals surface area (Å²) in [6, 6.07) is 7.81. The number of ether oxygens (including phenoxy) is 2. The molecule has 2 fully saturated rings. The molecule has 0 radical (unpaired) electrons. The zero-order chi connectivity index (χ0) is 26.7. The third-order valence-electron chi connectivity index (χ3n) is 6.68. The number of benzene rings is 1. The number of imidazole rings is 1. The zero-order valence-electron chi connectivity index (χ0n) is 21.3. The molecular weight excluding hydrogens is 513 g/mol. The molecule has 2 aromatic heterocycles. The van der Waals surface area contributed by atoms with Gasteiger partial charge < -0.3 is 25.1 Å². The third-order valence-corrected chi connectivity index (χ3v) is 7.48. The molecule has 204 valence electrons. The summed E-state index contributed by atoms with van der Waals surface area (Å²) < 4.78 is 51.3. The normalized spacial score (nSPS) is 21.8. The molecule has 0 aliphatic carbocycles. The molecule has 0 bridgehead atoms. The van der Waals surface area contributed by atoms with E-state index in [-0.39, 0.29) is 37.0 Å². The van der Waals surface area contributed by atoms with Gasteiger partial charge in [0.2, 0.25) is 22.3 Å². The number of anilines is 1. The van der Waals surface area contributed by atoms with Gasteiger partial charge in [0.05, 0.1) is 36.6 Å². The number of hydrogen-bond donors (Lipinski definition) is 4. The minimum Gasteiger partial charge on any atom is -0.351 e. The molecule has 3 aromatic rings. The van der Waals surface area contributed by atoms with Gasteiger partial charge in [-0.15, -0.1) is 0 Å². The summed E-state index contributed by atoms with van der Waals surface area (Å²) in [5.74, 6) is 0.463. The van der Waals surface area contributed by atoms with Gasteiger partial charge in [-0.25, -0.2) is 32.5 Å². The van der Waals surface area contributed by atoms with Gasteiger partial charge in [0, 0.05) is 29.8 Å². The first kappa shape index (κ1) is 26.6. The predicted octanol–water partition coefficient (Wildman–Crippen LogP) is 2.44. The van der Waals surface area contributed by atoms with Crippen LogP contribution in [-0.4, -0.2) is 73.0 Å². The lowest BCUT2D eigenvalue weighted by atomic mass is 10.0. The summed E-state index contributed by atoms with van der Waals surface area (Å²) in [5, 5.41) is 6.76. The highest BCUT2D eigenvalue weighted by Gasteiger charge is 2.31. The van der Waals surface area contributed by atoms with E-state index >= 15 is 0 Å². The lowest BCUT2D eigenvalue weighted by molar-refractivity contribution is -0.211. The highest BCUT2D eigenvalue weighted by Crippen LogP contribution is 2.33. The smallest absolute Gasteiger partial charge is 0.223 e. The Kier molecular flexibility index (Phi) is 8.00. The van der Waals surface area contributed by atoms with Crippen LogP contribution in [0.4, 0.5) is 10.3 Å². The van der Waals surface area contributed by atoms with Gasteiger partial charge in [-0.05, 0) is 63.2 Å². The molecule has 38 heavy (non-hydrogen) atoms. The van der Waals surface area contributed by atoms with Crippen LogP contribution in [0.2, 0.25) is 0 Å². The van der Waals surface area contributed by atoms with Crippen LogP contribution < -0.4 is 15.4 Å². The Morgan fingerprint density at radius 3 is 2.47 bits per heavy atom. The molecule has 2 saturated heterocycles. The first-order valence-electron chi connectivity index (χ1n) is 12.6. The number of H-pyrrole nitrogens is 1. The summed E-state index contributed by atoms with van der Waals surface area (Å²) in [5.41, 5.74) is 2.53. The molecule has 0 spiro atoms. The lowest BCUT2D eigenvalue weighted by Crippen LogP contribution is -2.43. The van der Waals surface area contributed by atoms with E-state index in [1.54, 1.807) is 31.3 Å². The topological polar surface area (TPSA) is 143 Å². The quantitative estimate of drug-likeness (QED) is 0.336. The Morgan fingerprint density at radius 2 is 1.79 bits per heavy atom. The molecule has 4 heterocycles. The van der Waals surface area contributed by atoms with Gasteiger partial charge >= 0.3 is 0 Å². The zero-order valence-corrected chi connectivity index (χ0v) is 22.1. The summed E-state index contributed by atoms with van der Waals surface area (Å²) in [6.07, 6.45) is 4.00. The molecule has 0 saturated carbocycles. The molecule has 2 aliphatic heterocycles. The fraction of sp³-hybridized carbons (Fsp3) is 0.480.